The van der Waals surface area contributed by atoms with Crippen LogP contribution < -0.4 is 0 Å². The van der Waals surface area contributed by atoms with Crippen molar-refractivity contribution in [3.8, 4) is 0 Å². The van der Waals surface area contributed by atoms with Gasteiger partial charge in [-0.3, -0.25) is 0 Å². The summed E-state index contributed by atoms with van der Waals surface area (Å²) < 4.78 is 0. The molecular weight excluding hydrogens is 228 g/mol. The Hall–Kier alpha value is -2.34. The quantitative estimate of drug-likeness (QED) is 0.704. The number of hydrogen-bond donors (Lipinski definition) is 0. The Labute approximate surface area is 113 Å². The molecule has 2 bridgehead atoms. The molecule has 0 heterocycles. The minimum atomic E-state index is 1.12. The van der Waals surface area contributed by atoms with E-state index in [1.807, 2.05) is 0 Å². The lowest BCUT2D eigenvalue weighted by molar-refractivity contribution is 1.20. The van der Waals surface area contributed by atoms with Crippen LogP contribution >= 0.6 is 0 Å². The van der Waals surface area contributed by atoms with Gasteiger partial charge in [0.25, 0.3) is 0 Å². The molecule has 2 aliphatic rings. The highest BCUT2D eigenvalue weighted by molar-refractivity contribution is 5.94. The van der Waals surface area contributed by atoms with Gasteiger partial charge in [0.05, 0.1) is 5.92 Å². The molecule has 0 aliphatic heterocycles. The second kappa shape index (κ2) is 3.83. The van der Waals surface area contributed by atoms with Gasteiger partial charge < -0.3 is 0 Å². The van der Waals surface area contributed by atoms with Crippen LogP contribution in [0.15, 0.2) is 84.5 Å². The van der Waals surface area contributed by atoms with Gasteiger partial charge in [0.15, 0.2) is 0 Å². The van der Waals surface area contributed by atoms with Crippen LogP contribution in [0.5, 0.6) is 0 Å². The van der Waals surface area contributed by atoms with Gasteiger partial charge in [-0.1, -0.05) is 67.3 Å². The molecule has 19 heavy (non-hydrogen) atoms. The number of hydrogen-bond acceptors (Lipinski definition) is 0. The maximum absolute atomic E-state index is 4.28. The highest BCUT2D eigenvalue weighted by atomic mass is 14.3. The standard InChI is InChI=1S/C19H13/c1-13(19-17-7-4-8-18(19)12-17)15-10-9-14-5-2-3-6-16(14)11-15/h2-12H,1H2. The first-order valence-corrected chi connectivity index (χ1v) is 6.49. The molecule has 0 saturated carbocycles. The first-order valence-electron chi connectivity index (χ1n) is 6.49. The lowest BCUT2D eigenvalue weighted by Crippen LogP contribution is -2.16. The first-order chi connectivity index (χ1) is 9.33. The maximum Gasteiger partial charge on any atom is 0.0629 e. The Balaban J connectivity index is 1.75. The zero-order chi connectivity index (χ0) is 12.8. The Morgan fingerprint density at radius 1 is 0.895 bits per heavy atom. The van der Waals surface area contributed by atoms with Crippen molar-refractivity contribution in [2.45, 2.75) is 0 Å². The maximum atomic E-state index is 4.28. The third-order valence-corrected chi connectivity index (χ3v) is 3.84. The molecule has 2 aromatic carbocycles. The Morgan fingerprint density at radius 2 is 1.74 bits per heavy atom. The fourth-order valence-corrected chi connectivity index (χ4v) is 2.79. The van der Waals surface area contributed by atoms with E-state index in [4.69, 9.17) is 0 Å². The summed E-state index contributed by atoms with van der Waals surface area (Å²) in [6.45, 7) is 4.28. The zero-order valence-electron chi connectivity index (χ0n) is 10.6. The third-order valence-electron chi connectivity index (χ3n) is 3.84. The van der Waals surface area contributed by atoms with E-state index >= 15 is 0 Å². The molecule has 0 saturated heterocycles. The molecule has 0 N–H and O–H groups in total. The van der Waals surface area contributed by atoms with Crippen LogP contribution in [0.1, 0.15) is 5.56 Å². The molecule has 0 heteroatoms. The molecule has 89 valence electrons. The van der Waals surface area contributed by atoms with Crippen LogP contribution in [-0.2, 0) is 0 Å². The van der Waals surface area contributed by atoms with E-state index in [1.54, 1.807) is 0 Å². The van der Waals surface area contributed by atoms with E-state index in [9.17, 15) is 0 Å². The normalized spacial score (nSPS) is 16.8. The van der Waals surface area contributed by atoms with E-state index in [-0.39, 0.29) is 0 Å². The summed E-state index contributed by atoms with van der Waals surface area (Å²) in [5.41, 5.74) is 4.94. The Bertz CT molecular complexity index is 773. The van der Waals surface area contributed by atoms with E-state index in [1.165, 1.54) is 33.4 Å². The molecule has 0 atom stereocenters. The van der Waals surface area contributed by atoms with Gasteiger partial charge in [-0.25, -0.2) is 0 Å². The summed E-state index contributed by atoms with van der Waals surface area (Å²) in [6.07, 6.45) is 8.60. The molecule has 4 rings (SSSR count). The van der Waals surface area contributed by atoms with Gasteiger partial charge in [-0.2, -0.15) is 0 Å². The predicted octanol–water partition coefficient (Wildman–Crippen LogP) is 4.86. The van der Waals surface area contributed by atoms with Gasteiger partial charge in [0.1, 0.15) is 0 Å². The van der Waals surface area contributed by atoms with Gasteiger partial charge in [0, 0.05) is 0 Å². The number of allylic oxidation sites excluding steroid dienone is 7. The molecule has 0 aromatic heterocycles. The Kier molecular flexibility index (Phi) is 2.13. The number of fused-ring (bicyclic) bond motifs is 3. The topological polar surface area (TPSA) is 0 Å². The van der Waals surface area contributed by atoms with Crippen molar-refractivity contribution >= 4 is 16.3 Å². The fraction of sp³-hybridized carbons (Fsp3) is 0. The largest absolute Gasteiger partial charge is 0.0939 e. The van der Waals surface area contributed by atoms with E-state index in [2.05, 4.69) is 73.3 Å². The number of benzene rings is 2. The van der Waals surface area contributed by atoms with Crippen molar-refractivity contribution in [2.24, 2.45) is 0 Å². The SMILES string of the molecule is C=C([C]1C2=CC=CC1=C2)c1ccc2ccccc2c1. The van der Waals surface area contributed by atoms with Gasteiger partial charge >= 0.3 is 0 Å². The van der Waals surface area contributed by atoms with Crippen molar-refractivity contribution in [3.63, 3.8) is 0 Å². The van der Waals surface area contributed by atoms with Crippen molar-refractivity contribution < 1.29 is 0 Å². The summed E-state index contributed by atoms with van der Waals surface area (Å²) in [6, 6.07) is 15.0. The van der Waals surface area contributed by atoms with Crippen LogP contribution in [0, 0.1) is 5.92 Å². The van der Waals surface area contributed by atoms with Gasteiger partial charge in [0.2, 0.25) is 0 Å². The molecular formula is C19H13. The molecule has 2 aromatic rings. The molecule has 0 amide bonds. The second-order valence-electron chi connectivity index (χ2n) is 5.00. The summed E-state index contributed by atoms with van der Waals surface area (Å²) in [5, 5.41) is 2.54. The smallest absolute Gasteiger partial charge is 0.0629 e. The molecule has 1 radical (unpaired) electrons. The highest BCUT2D eigenvalue weighted by Gasteiger charge is 2.30. The molecule has 0 unspecified atom stereocenters. The summed E-state index contributed by atoms with van der Waals surface area (Å²) in [7, 11) is 0. The van der Waals surface area contributed by atoms with E-state index in [0.717, 1.165) is 5.57 Å². The first kappa shape index (κ1) is 10.6. The molecule has 0 nitrogen and oxygen atoms in total. The Morgan fingerprint density at radius 3 is 2.47 bits per heavy atom. The van der Waals surface area contributed by atoms with Crippen molar-refractivity contribution in [3.05, 3.63) is 96.0 Å². The average Bonchev–Trinajstić information content (AvgIpc) is 2.47. The molecule has 0 spiro atoms. The van der Waals surface area contributed by atoms with Crippen LogP contribution in [0.4, 0.5) is 0 Å². The molecule has 2 aliphatic carbocycles. The lowest BCUT2D eigenvalue weighted by atomic mass is 9.71. The third kappa shape index (κ3) is 1.53. The zero-order valence-corrected chi connectivity index (χ0v) is 10.6. The van der Waals surface area contributed by atoms with Crippen molar-refractivity contribution in [2.75, 3.05) is 0 Å². The second-order valence-corrected chi connectivity index (χ2v) is 5.00. The van der Waals surface area contributed by atoms with Crippen LogP contribution in [0.3, 0.4) is 0 Å². The van der Waals surface area contributed by atoms with Crippen LogP contribution in [0.2, 0.25) is 0 Å². The minimum Gasteiger partial charge on any atom is -0.0939 e. The van der Waals surface area contributed by atoms with E-state index in [0.29, 0.717) is 0 Å². The monoisotopic (exact) mass is 241 g/mol. The van der Waals surface area contributed by atoms with Crippen molar-refractivity contribution in [1.82, 2.24) is 0 Å². The summed E-state index contributed by atoms with van der Waals surface area (Å²) in [5.74, 6) is 1.30. The summed E-state index contributed by atoms with van der Waals surface area (Å²) >= 11 is 0. The predicted molar refractivity (Wildman–Crippen MR) is 81.5 cm³/mol. The van der Waals surface area contributed by atoms with Gasteiger partial charge in [-0.05, 0) is 39.1 Å². The van der Waals surface area contributed by atoms with Gasteiger partial charge in [-0.15, -0.1) is 0 Å². The average molecular weight is 241 g/mol. The van der Waals surface area contributed by atoms with E-state index < -0.39 is 0 Å². The summed E-state index contributed by atoms with van der Waals surface area (Å²) in [4.78, 5) is 0. The number of rotatable bonds is 2. The highest BCUT2D eigenvalue weighted by Crippen LogP contribution is 2.46. The molecule has 0 fully saturated rings. The minimum absolute atomic E-state index is 1.12. The van der Waals surface area contributed by atoms with Crippen molar-refractivity contribution in [1.29, 1.82) is 0 Å². The lowest BCUT2D eigenvalue weighted by Gasteiger charge is -2.32. The van der Waals surface area contributed by atoms with Crippen LogP contribution in [-0.4, -0.2) is 0 Å². The van der Waals surface area contributed by atoms with Crippen LogP contribution in [0.25, 0.3) is 16.3 Å². The fourth-order valence-electron chi connectivity index (χ4n) is 2.79.